The maximum Gasteiger partial charge on any atom is 0.225 e. The van der Waals surface area contributed by atoms with Gasteiger partial charge in [0.25, 0.3) is 0 Å². The Labute approximate surface area is 151 Å². The molecule has 0 unspecified atom stereocenters. The van der Waals surface area contributed by atoms with Gasteiger partial charge in [0.15, 0.2) is 0 Å². The fraction of sp³-hybridized carbons (Fsp3) is 0.444. The van der Waals surface area contributed by atoms with Crippen molar-refractivity contribution >= 4 is 29.1 Å². The van der Waals surface area contributed by atoms with Crippen molar-refractivity contribution in [2.45, 2.75) is 38.6 Å². The molecule has 0 bridgehead atoms. The minimum atomic E-state index is -0.441. The third-order valence-electron chi connectivity index (χ3n) is 4.27. The average Bonchev–Trinajstić information content (AvgIpc) is 3.41. The van der Waals surface area contributed by atoms with Gasteiger partial charge in [-0.3, -0.25) is 0 Å². The summed E-state index contributed by atoms with van der Waals surface area (Å²) in [4.78, 5) is 8.97. The Morgan fingerprint density at radius 2 is 2.08 bits per heavy atom. The summed E-state index contributed by atoms with van der Waals surface area (Å²) in [7, 11) is 0. The third-order valence-corrected chi connectivity index (χ3v) is 4.59. The lowest BCUT2D eigenvalue weighted by Crippen LogP contribution is -2.30. The summed E-state index contributed by atoms with van der Waals surface area (Å²) >= 11 is 6.09. The molecule has 1 aromatic heterocycles. The SMILES string of the molecule is CC(C)[C@H](CO)Nc1nc(Nc2c(F)cccc2Cl)cc(C2CC2)n1. The second-order valence-electron chi connectivity index (χ2n) is 6.68. The number of aromatic nitrogens is 2. The van der Waals surface area contributed by atoms with Crippen molar-refractivity contribution in [2.24, 2.45) is 5.92 Å². The van der Waals surface area contributed by atoms with E-state index in [0.717, 1.165) is 18.5 Å². The quantitative estimate of drug-likeness (QED) is 0.682. The van der Waals surface area contributed by atoms with Gasteiger partial charge < -0.3 is 15.7 Å². The van der Waals surface area contributed by atoms with Gasteiger partial charge in [0.2, 0.25) is 5.95 Å². The summed E-state index contributed by atoms with van der Waals surface area (Å²) in [6, 6.07) is 6.20. The minimum Gasteiger partial charge on any atom is -0.394 e. The van der Waals surface area contributed by atoms with E-state index in [4.69, 9.17) is 11.6 Å². The van der Waals surface area contributed by atoms with Crippen LogP contribution in [0.15, 0.2) is 24.3 Å². The highest BCUT2D eigenvalue weighted by atomic mass is 35.5. The van der Waals surface area contributed by atoms with E-state index in [1.54, 1.807) is 12.1 Å². The molecule has 0 amide bonds. The Balaban J connectivity index is 1.90. The van der Waals surface area contributed by atoms with Crippen LogP contribution < -0.4 is 10.6 Å². The number of nitrogens with zero attached hydrogens (tertiary/aromatic N) is 2. The molecule has 1 aromatic carbocycles. The normalized spacial score (nSPS) is 15.3. The van der Waals surface area contributed by atoms with Crippen molar-refractivity contribution < 1.29 is 9.50 Å². The molecule has 3 rings (SSSR count). The third kappa shape index (κ3) is 4.38. The van der Waals surface area contributed by atoms with Crippen LogP contribution in [0.3, 0.4) is 0 Å². The van der Waals surface area contributed by atoms with Gasteiger partial charge in [-0.25, -0.2) is 9.37 Å². The topological polar surface area (TPSA) is 70.1 Å². The van der Waals surface area contributed by atoms with Crippen LogP contribution in [0.5, 0.6) is 0 Å². The lowest BCUT2D eigenvalue weighted by atomic mass is 10.1. The Morgan fingerprint density at radius 1 is 1.32 bits per heavy atom. The second-order valence-corrected chi connectivity index (χ2v) is 7.08. The van der Waals surface area contributed by atoms with Crippen molar-refractivity contribution in [1.29, 1.82) is 0 Å². The number of hydrogen-bond donors (Lipinski definition) is 3. The highest BCUT2D eigenvalue weighted by molar-refractivity contribution is 6.33. The molecule has 0 spiro atoms. The highest BCUT2D eigenvalue weighted by Gasteiger charge is 2.27. The first kappa shape index (κ1) is 17.9. The predicted octanol–water partition coefficient (Wildman–Crippen LogP) is 4.32. The van der Waals surface area contributed by atoms with E-state index in [-0.39, 0.29) is 29.3 Å². The Morgan fingerprint density at radius 3 is 2.68 bits per heavy atom. The number of benzene rings is 1. The zero-order chi connectivity index (χ0) is 18.0. The standard InChI is InChI=1S/C18H22ClFN4O/c1-10(2)15(9-25)22-18-21-14(11-6-7-11)8-16(24-18)23-17-12(19)4-3-5-13(17)20/h3-5,8,10-11,15,25H,6-7,9H2,1-2H3,(H2,21,22,23,24)/t15-/m0/s1. The summed E-state index contributed by atoms with van der Waals surface area (Å²) in [5.74, 6) is 1.09. The molecule has 7 heteroatoms. The van der Waals surface area contributed by atoms with Crippen molar-refractivity contribution in [2.75, 3.05) is 17.2 Å². The van der Waals surface area contributed by atoms with E-state index in [0.29, 0.717) is 17.7 Å². The fourth-order valence-electron chi connectivity index (χ4n) is 2.52. The molecule has 2 aromatic rings. The molecule has 25 heavy (non-hydrogen) atoms. The van der Waals surface area contributed by atoms with Gasteiger partial charge in [-0.15, -0.1) is 0 Å². The van der Waals surface area contributed by atoms with Crippen LogP contribution in [0.2, 0.25) is 5.02 Å². The van der Waals surface area contributed by atoms with Gasteiger partial charge in [-0.1, -0.05) is 31.5 Å². The lowest BCUT2D eigenvalue weighted by Gasteiger charge is -2.20. The number of aliphatic hydroxyl groups is 1. The van der Waals surface area contributed by atoms with E-state index < -0.39 is 5.82 Å². The molecular weight excluding hydrogens is 343 g/mol. The number of rotatable bonds is 7. The second kappa shape index (κ2) is 7.54. The lowest BCUT2D eigenvalue weighted by molar-refractivity contribution is 0.248. The molecule has 0 radical (unpaired) electrons. The van der Waals surface area contributed by atoms with E-state index in [9.17, 15) is 9.50 Å². The number of halogens is 2. The highest BCUT2D eigenvalue weighted by Crippen LogP contribution is 2.40. The summed E-state index contributed by atoms with van der Waals surface area (Å²) < 4.78 is 14.0. The summed E-state index contributed by atoms with van der Waals surface area (Å²) in [6.07, 6.45) is 2.17. The van der Waals surface area contributed by atoms with Gasteiger partial charge in [0, 0.05) is 12.0 Å². The maximum absolute atomic E-state index is 14.0. The first-order valence-corrected chi connectivity index (χ1v) is 8.83. The monoisotopic (exact) mass is 364 g/mol. The van der Waals surface area contributed by atoms with Crippen molar-refractivity contribution in [1.82, 2.24) is 9.97 Å². The van der Waals surface area contributed by atoms with Crippen LogP contribution in [0.1, 0.15) is 38.3 Å². The summed E-state index contributed by atoms with van der Waals surface area (Å²) in [5.41, 5.74) is 1.10. The van der Waals surface area contributed by atoms with Gasteiger partial charge >= 0.3 is 0 Å². The molecular formula is C18H22ClFN4O. The number of hydrogen-bond acceptors (Lipinski definition) is 5. The van der Waals surface area contributed by atoms with Gasteiger partial charge in [-0.2, -0.15) is 4.98 Å². The molecule has 1 aliphatic carbocycles. The summed E-state index contributed by atoms with van der Waals surface area (Å²) in [5, 5.41) is 15.9. The average molecular weight is 365 g/mol. The number of para-hydroxylation sites is 1. The van der Waals surface area contributed by atoms with Crippen LogP contribution in [-0.4, -0.2) is 27.7 Å². The largest absolute Gasteiger partial charge is 0.394 e. The summed E-state index contributed by atoms with van der Waals surface area (Å²) in [6.45, 7) is 4.00. The van der Waals surface area contributed by atoms with Crippen LogP contribution in [0, 0.1) is 11.7 Å². The number of nitrogens with one attached hydrogen (secondary N) is 2. The Kier molecular flexibility index (Phi) is 5.39. The van der Waals surface area contributed by atoms with E-state index in [1.807, 2.05) is 19.9 Å². The molecule has 1 heterocycles. The smallest absolute Gasteiger partial charge is 0.225 e. The van der Waals surface area contributed by atoms with Crippen molar-refractivity contribution in [3.8, 4) is 0 Å². The van der Waals surface area contributed by atoms with Crippen molar-refractivity contribution in [3.05, 3.63) is 40.8 Å². The van der Waals surface area contributed by atoms with Gasteiger partial charge in [-0.05, 0) is 30.9 Å². The molecule has 134 valence electrons. The fourth-order valence-corrected chi connectivity index (χ4v) is 2.73. The minimum absolute atomic E-state index is 0.0173. The molecule has 3 N–H and O–H groups in total. The maximum atomic E-state index is 14.0. The first-order valence-electron chi connectivity index (χ1n) is 8.45. The number of aliphatic hydroxyl groups excluding tert-OH is 1. The number of anilines is 3. The Hall–Kier alpha value is -1.92. The predicted molar refractivity (Wildman–Crippen MR) is 98.0 cm³/mol. The van der Waals surface area contributed by atoms with Gasteiger partial charge in [0.1, 0.15) is 11.6 Å². The van der Waals surface area contributed by atoms with E-state index in [2.05, 4.69) is 20.6 Å². The molecule has 1 aliphatic rings. The molecule has 1 fully saturated rings. The zero-order valence-electron chi connectivity index (χ0n) is 14.3. The van der Waals surface area contributed by atoms with E-state index in [1.165, 1.54) is 6.07 Å². The van der Waals surface area contributed by atoms with Crippen LogP contribution in [0.25, 0.3) is 0 Å². The molecule has 1 saturated carbocycles. The van der Waals surface area contributed by atoms with Crippen LogP contribution in [0.4, 0.5) is 21.8 Å². The molecule has 1 atom stereocenters. The van der Waals surface area contributed by atoms with Crippen molar-refractivity contribution in [3.63, 3.8) is 0 Å². The van der Waals surface area contributed by atoms with Crippen LogP contribution >= 0.6 is 11.6 Å². The van der Waals surface area contributed by atoms with Gasteiger partial charge in [0.05, 0.1) is 29.1 Å². The first-order chi connectivity index (χ1) is 12.0. The van der Waals surface area contributed by atoms with E-state index >= 15 is 0 Å². The Bertz CT molecular complexity index is 732. The zero-order valence-corrected chi connectivity index (χ0v) is 15.0. The molecule has 5 nitrogen and oxygen atoms in total. The molecule has 0 saturated heterocycles. The molecule has 0 aliphatic heterocycles. The van der Waals surface area contributed by atoms with Crippen LogP contribution in [-0.2, 0) is 0 Å².